The van der Waals surface area contributed by atoms with Crippen molar-refractivity contribution in [3.05, 3.63) is 105 Å². The first kappa shape index (κ1) is 27.6. The number of halogens is 4. The number of likely N-dealkylation sites (tertiary alicyclic amines) is 1. The molecule has 0 aliphatic carbocycles. The van der Waals surface area contributed by atoms with Crippen molar-refractivity contribution < 1.29 is 13.6 Å². The third kappa shape index (κ3) is 6.17. The lowest BCUT2D eigenvalue weighted by molar-refractivity contribution is -0.133. The SMILES string of the molecule is CC(C)NC(=O)C(C)(C)C(c1cc(F)cc(F)c1)C1CN(C(c2ccc(Cl)cc2)c2ccc(Cl)cc2)C1. The van der Waals surface area contributed by atoms with E-state index in [1.807, 2.05) is 76.2 Å². The van der Waals surface area contributed by atoms with Crippen molar-refractivity contribution >= 4 is 29.1 Å². The summed E-state index contributed by atoms with van der Waals surface area (Å²) in [7, 11) is 0. The smallest absolute Gasteiger partial charge is 0.226 e. The largest absolute Gasteiger partial charge is 0.353 e. The lowest BCUT2D eigenvalue weighted by atomic mass is 9.65. The molecule has 4 rings (SSSR count). The Morgan fingerprint density at radius 3 is 1.76 bits per heavy atom. The first-order valence-electron chi connectivity index (χ1n) is 12.5. The number of benzene rings is 3. The van der Waals surface area contributed by atoms with Gasteiger partial charge in [-0.05, 0) is 72.9 Å². The number of hydrogen-bond acceptors (Lipinski definition) is 2. The first-order chi connectivity index (χ1) is 17.5. The maximum atomic E-state index is 14.3. The van der Waals surface area contributed by atoms with Crippen LogP contribution >= 0.6 is 23.2 Å². The van der Waals surface area contributed by atoms with Gasteiger partial charge in [-0.2, -0.15) is 0 Å². The first-order valence-corrected chi connectivity index (χ1v) is 13.2. The molecule has 3 aromatic carbocycles. The van der Waals surface area contributed by atoms with Gasteiger partial charge in [0.1, 0.15) is 11.6 Å². The van der Waals surface area contributed by atoms with Gasteiger partial charge in [-0.15, -0.1) is 0 Å². The normalized spacial score (nSPS) is 15.6. The molecule has 0 bridgehead atoms. The summed E-state index contributed by atoms with van der Waals surface area (Å²) in [6.45, 7) is 8.82. The van der Waals surface area contributed by atoms with E-state index in [9.17, 15) is 13.6 Å². The number of carbonyl (C=O) groups excluding carboxylic acids is 1. The van der Waals surface area contributed by atoms with Crippen LogP contribution in [-0.4, -0.2) is 29.9 Å². The highest BCUT2D eigenvalue weighted by molar-refractivity contribution is 6.30. The fourth-order valence-electron chi connectivity index (χ4n) is 5.50. The van der Waals surface area contributed by atoms with Crippen molar-refractivity contribution in [1.29, 1.82) is 0 Å². The predicted molar refractivity (Wildman–Crippen MR) is 146 cm³/mol. The molecule has 3 nitrogen and oxygen atoms in total. The van der Waals surface area contributed by atoms with Gasteiger partial charge in [0.15, 0.2) is 0 Å². The molecule has 3 aromatic rings. The molecule has 1 saturated heterocycles. The van der Waals surface area contributed by atoms with Gasteiger partial charge in [0, 0.05) is 41.2 Å². The molecular weight excluding hydrogens is 513 g/mol. The van der Waals surface area contributed by atoms with Crippen LogP contribution in [0.4, 0.5) is 8.78 Å². The van der Waals surface area contributed by atoms with Crippen LogP contribution in [0.3, 0.4) is 0 Å². The van der Waals surface area contributed by atoms with E-state index in [1.165, 1.54) is 12.1 Å². The lowest BCUT2D eigenvalue weighted by Gasteiger charge is -2.51. The van der Waals surface area contributed by atoms with Crippen molar-refractivity contribution in [2.75, 3.05) is 13.1 Å². The van der Waals surface area contributed by atoms with Crippen molar-refractivity contribution in [3.63, 3.8) is 0 Å². The minimum atomic E-state index is -0.892. The molecule has 1 heterocycles. The maximum Gasteiger partial charge on any atom is 0.226 e. The molecule has 196 valence electrons. The van der Waals surface area contributed by atoms with Crippen LogP contribution in [0.25, 0.3) is 0 Å². The van der Waals surface area contributed by atoms with Crippen LogP contribution in [-0.2, 0) is 4.79 Å². The van der Waals surface area contributed by atoms with E-state index in [2.05, 4.69) is 10.2 Å². The summed E-state index contributed by atoms with van der Waals surface area (Å²) in [6.07, 6.45) is 0. The second kappa shape index (κ2) is 11.1. The zero-order chi connectivity index (χ0) is 26.9. The second-order valence-electron chi connectivity index (χ2n) is 10.7. The molecule has 7 heteroatoms. The Morgan fingerprint density at radius 1 is 0.865 bits per heavy atom. The van der Waals surface area contributed by atoms with Crippen molar-refractivity contribution in [3.8, 4) is 0 Å². The quantitative estimate of drug-likeness (QED) is 0.316. The predicted octanol–water partition coefficient (Wildman–Crippen LogP) is 7.63. The van der Waals surface area contributed by atoms with Gasteiger partial charge in [0.25, 0.3) is 0 Å². The molecule has 1 unspecified atom stereocenters. The number of hydrogen-bond donors (Lipinski definition) is 1. The molecule has 1 atom stereocenters. The monoisotopic (exact) mass is 544 g/mol. The van der Waals surface area contributed by atoms with Crippen molar-refractivity contribution in [1.82, 2.24) is 10.2 Å². The Kier molecular flexibility index (Phi) is 8.27. The highest BCUT2D eigenvalue weighted by Crippen LogP contribution is 2.48. The van der Waals surface area contributed by atoms with E-state index < -0.39 is 17.0 Å². The van der Waals surface area contributed by atoms with E-state index in [-0.39, 0.29) is 29.8 Å². The number of carbonyl (C=O) groups is 1. The zero-order valence-electron chi connectivity index (χ0n) is 21.4. The Morgan fingerprint density at radius 2 is 1.32 bits per heavy atom. The summed E-state index contributed by atoms with van der Waals surface area (Å²) in [5.74, 6) is -1.80. The summed E-state index contributed by atoms with van der Waals surface area (Å²) in [6, 6.07) is 19.0. The van der Waals surface area contributed by atoms with Gasteiger partial charge in [0.05, 0.1) is 11.5 Å². The van der Waals surface area contributed by atoms with Gasteiger partial charge in [0.2, 0.25) is 5.91 Å². The second-order valence-corrected chi connectivity index (χ2v) is 11.6. The van der Waals surface area contributed by atoms with Gasteiger partial charge in [-0.25, -0.2) is 8.78 Å². The molecule has 1 fully saturated rings. The summed E-state index contributed by atoms with van der Waals surface area (Å²) < 4.78 is 28.6. The standard InChI is InChI=1S/C30H32Cl2F2N2O/c1-18(2)35-29(37)30(3,4)27(21-13-25(33)15-26(34)14-21)22-16-36(17-22)28(19-5-9-23(31)10-6-19)20-7-11-24(32)12-8-20/h5-15,18,22,27-28H,16-17H2,1-4H3,(H,35,37). The molecule has 1 aliphatic rings. The van der Waals surface area contributed by atoms with Crippen LogP contribution in [0.5, 0.6) is 0 Å². The molecule has 1 aliphatic heterocycles. The molecule has 0 radical (unpaired) electrons. The lowest BCUT2D eigenvalue weighted by Crippen LogP contribution is -2.55. The topological polar surface area (TPSA) is 32.3 Å². The summed E-state index contributed by atoms with van der Waals surface area (Å²) in [5, 5.41) is 4.31. The van der Waals surface area contributed by atoms with Crippen LogP contribution in [0.15, 0.2) is 66.7 Å². The van der Waals surface area contributed by atoms with Crippen LogP contribution in [0.1, 0.15) is 56.3 Å². The minimum Gasteiger partial charge on any atom is -0.353 e. The molecule has 0 aromatic heterocycles. The van der Waals surface area contributed by atoms with Gasteiger partial charge in [-0.3, -0.25) is 9.69 Å². The fraction of sp³-hybridized carbons (Fsp3) is 0.367. The number of nitrogens with zero attached hydrogens (tertiary/aromatic N) is 1. The summed E-state index contributed by atoms with van der Waals surface area (Å²) in [4.78, 5) is 15.6. The third-order valence-corrected chi connectivity index (χ3v) is 7.68. The Balaban J connectivity index is 1.68. The Bertz CT molecular complexity index is 1170. The molecule has 37 heavy (non-hydrogen) atoms. The van der Waals surface area contributed by atoms with Gasteiger partial charge >= 0.3 is 0 Å². The Hall–Kier alpha value is -2.47. The summed E-state index contributed by atoms with van der Waals surface area (Å²) >= 11 is 12.3. The van der Waals surface area contributed by atoms with E-state index in [0.29, 0.717) is 28.7 Å². The molecule has 0 saturated carbocycles. The fourth-order valence-corrected chi connectivity index (χ4v) is 5.75. The van der Waals surface area contributed by atoms with Crippen LogP contribution in [0, 0.1) is 23.0 Å². The molecular formula is C30H32Cl2F2N2O. The van der Waals surface area contributed by atoms with Gasteiger partial charge < -0.3 is 5.32 Å². The third-order valence-electron chi connectivity index (χ3n) is 7.17. The van der Waals surface area contributed by atoms with E-state index in [1.54, 1.807) is 0 Å². The highest BCUT2D eigenvalue weighted by Gasteiger charge is 2.48. The number of rotatable bonds is 8. The van der Waals surface area contributed by atoms with Crippen molar-refractivity contribution in [2.45, 2.75) is 45.7 Å². The zero-order valence-corrected chi connectivity index (χ0v) is 23.0. The van der Waals surface area contributed by atoms with Crippen molar-refractivity contribution in [2.24, 2.45) is 11.3 Å². The Labute approximate surface area is 227 Å². The number of nitrogens with one attached hydrogen (secondary N) is 1. The van der Waals surface area contributed by atoms with Crippen LogP contribution < -0.4 is 5.32 Å². The summed E-state index contributed by atoms with van der Waals surface area (Å²) in [5.41, 5.74) is 1.77. The molecule has 0 spiro atoms. The van der Waals surface area contributed by atoms with Gasteiger partial charge in [-0.1, -0.05) is 61.3 Å². The van der Waals surface area contributed by atoms with E-state index in [4.69, 9.17) is 23.2 Å². The maximum absolute atomic E-state index is 14.3. The number of amides is 1. The molecule has 1 amide bonds. The van der Waals surface area contributed by atoms with E-state index >= 15 is 0 Å². The average molecular weight is 546 g/mol. The van der Waals surface area contributed by atoms with Crippen LogP contribution in [0.2, 0.25) is 10.0 Å². The average Bonchev–Trinajstić information content (AvgIpc) is 2.78. The molecule has 1 N–H and O–H groups in total. The van der Waals surface area contributed by atoms with E-state index in [0.717, 1.165) is 17.2 Å². The highest BCUT2D eigenvalue weighted by atomic mass is 35.5. The minimum absolute atomic E-state index is 0.0104.